The summed E-state index contributed by atoms with van der Waals surface area (Å²) in [5.74, 6) is 0.961. The third kappa shape index (κ3) is 2.72. The van der Waals surface area contributed by atoms with Gasteiger partial charge < -0.3 is 10.5 Å². The topological polar surface area (TPSA) is 35.2 Å². The summed E-state index contributed by atoms with van der Waals surface area (Å²) in [6, 6.07) is 4.20. The van der Waals surface area contributed by atoms with Crippen LogP contribution in [-0.4, -0.2) is 6.61 Å². The first-order chi connectivity index (χ1) is 6.86. The van der Waals surface area contributed by atoms with E-state index in [4.69, 9.17) is 10.5 Å². The molecule has 2 N–H and O–H groups in total. The highest BCUT2D eigenvalue weighted by molar-refractivity contribution is 5.44. The van der Waals surface area contributed by atoms with E-state index in [-0.39, 0.29) is 5.54 Å². The van der Waals surface area contributed by atoms with Gasteiger partial charge in [-0.1, -0.05) is 6.07 Å². The maximum atomic E-state index is 6.11. The molecule has 1 aromatic carbocycles. The van der Waals surface area contributed by atoms with Crippen molar-refractivity contribution in [1.29, 1.82) is 0 Å². The van der Waals surface area contributed by atoms with Gasteiger partial charge in [0, 0.05) is 5.54 Å². The Bertz CT molecular complexity index is 350. The van der Waals surface area contributed by atoms with Crippen molar-refractivity contribution in [1.82, 2.24) is 0 Å². The molecule has 84 valence electrons. The summed E-state index contributed by atoms with van der Waals surface area (Å²) < 4.78 is 5.54. The Labute approximate surface area is 92.4 Å². The minimum atomic E-state index is -0.292. The van der Waals surface area contributed by atoms with Crippen LogP contribution in [0.1, 0.15) is 37.5 Å². The highest BCUT2D eigenvalue weighted by Crippen LogP contribution is 2.28. The van der Waals surface area contributed by atoms with E-state index in [1.54, 1.807) is 0 Å². The SMILES string of the molecule is CCOc1cc(C)c(C(C)(C)N)cc1C. The smallest absolute Gasteiger partial charge is 0.122 e. The number of hydrogen-bond acceptors (Lipinski definition) is 2. The monoisotopic (exact) mass is 207 g/mol. The van der Waals surface area contributed by atoms with E-state index in [2.05, 4.69) is 26.0 Å². The van der Waals surface area contributed by atoms with Gasteiger partial charge in [0.25, 0.3) is 0 Å². The molecule has 1 aromatic rings. The third-order valence-electron chi connectivity index (χ3n) is 2.52. The fourth-order valence-electron chi connectivity index (χ4n) is 1.79. The van der Waals surface area contributed by atoms with Crippen LogP contribution in [0.3, 0.4) is 0 Å². The molecule has 1 rings (SSSR count). The Morgan fingerprint density at radius 3 is 2.27 bits per heavy atom. The van der Waals surface area contributed by atoms with Crippen LogP contribution in [0.15, 0.2) is 12.1 Å². The highest BCUT2D eigenvalue weighted by Gasteiger charge is 2.18. The van der Waals surface area contributed by atoms with Gasteiger partial charge in [0.2, 0.25) is 0 Å². The number of nitrogens with two attached hydrogens (primary N) is 1. The average molecular weight is 207 g/mol. The molecule has 0 aromatic heterocycles. The van der Waals surface area contributed by atoms with Crippen molar-refractivity contribution in [3.05, 3.63) is 28.8 Å². The summed E-state index contributed by atoms with van der Waals surface area (Å²) in [6.45, 7) is 10.9. The number of benzene rings is 1. The molecule has 2 heteroatoms. The van der Waals surface area contributed by atoms with Gasteiger partial charge in [-0.25, -0.2) is 0 Å². The van der Waals surface area contributed by atoms with E-state index in [0.717, 1.165) is 11.3 Å². The standard InChI is InChI=1S/C13H21NO/c1-6-15-12-8-9(2)11(7-10(12)3)13(4,5)14/h7-8H,6,14H2,1-5H3. The molecule has 0 radical (unpaired) electrons. The van der Waals surface area contributed by atoms with Crippen LogP contribution in [-0.2, 0) is 5.54 Å². The van der Waals surface area contributed by atoms with Gasteiger partial charge >= 0.3 is 0 Å². The lowest BCUT2D eigenvalue weighted by Gasteiger charge is -2.23. The van der Waals surface area contributed by atoms with Crippen LogP contribution < -0.4 is 10.5 Å². The van der Waals surface area contributed by atoms with Crippen LogP contribution in [0, 0.1) is 13.8 Å². The minimum Gasteiger partial charge on any atom is -0.494 e. The van der Waals surface area contributed by atoms with Crippen LogP contribution in [0.2, 0.25) is 0 Å². The van der Waals surface area contributed by atoms with Gasteiger partial charge in [-0.2, -0.15) is 0 Å². The van der Waals surface area contributed by atoms with Crippen LogP contribution in [0.5, 0.6) is 5.75 Å². The largest absolute Gasteiger partial charge is 0.494 e. The van der Waals surface area contributed by atoms with Crippen molar-refractivity contribution in [3.63, 3.8) is 0 Å². The second-order valence-electron chi connectivity index (χ2n) is 4.59. The summed E-state index contributed by atoms with van der Waals surface area (Å²) in [5, 5.41) is 0. The summed E-state index contributed by atoms with van der Waals surface area (Å²) in [4.78, 5) is 0. The van der Waals surface area contributed by atoms with E-state index < -0.39 is 0 Å². The molecule has 0 amide bonds. The zero-order valence-electron chi connectivity index (χ0n) is 10.3. The van der Waals surface area contributed by atoms with Crippen molar-refractivity contribution in [2.24, 2.45) is 5.73 Å². The minimum absolute atomic E-state index is 0.292. The summed E-state index contributed by atoms with van der Waals surface area (Å²) in [5.41, 5.74) is 9.34. The summed E-state index contributed by atoms with van der Waals surface area (Å²) in [7, 11) is 0. The lowest BCUT2D eigenvalue weighted by Crippen LogP contribution is -2.29. The molecule has 0 atom stereocenters. The van der Waals surface area contributed by atoms with Crippen LogP contribution >= 0.6 is 0 Å². The molecule has 0 spiro atoms. The van der Waals surface area contributed by atoms with E-state index >= 15 is 0 Å². The van der Waals surface area contributed by atoms with Gasteiger partial charge in [-0.3, -0.25) is 0 Å². The molecule has 0 heterocycles. The number of aryl methyl sites for hydroxylation is 2. The molecule has 0 saturated heterocycles. The normalized spacial score (nSPS) is 11.6. The Hall–Kier alpha value is -1.02. The van der Waals surface area contributed by atoms with Crippen LogP contribution in [0.25, 0.3) is 0 Å². The van der Waals surface area contributed by atoms with Crippen molar-refractivity contribution >= 4 is 0 Å². The van der Waals surface area contributed by atoms with E-state index in [1.165, 1.54) is 11.1 Å². The molecule has 0 aliphatic rings. The maximum absolute atomic E-state index is 6.11. The summed E-state index contributed by atoms with van der Waals surface area (Å²) in [6.07, 6.45) is 0. The third-order valence-corrected chi connectivity index (χ3v) is 2.52. The molecule has 15 heavy (non-hydrogen) atoms. The first-order valence-corrected chi connectivity index (χ1v) is 5.39. The van der Waals surface area contributed by atoms with Gasteiger partial charge in [-0.15, -0.1) is 0 Å². The molecule has 0 saturated carbocycles. The molecule has 0 fully saturated rings. The number of ether oxygens (including phenoxy) is 1. The quantitative estimate of drug-likeness (QED) is 0.827. The Kier molecular flexibility index (Phi) is 3.40. The highest BCUT2D eigenvalue weighted by atomic mass is 16.5. The molecule has 0 bridgehead atoms. The van der Waals surface area contributed by atoms with Crippen molar-refractivity contribution in [2.45, 2.75) is 40.2 Å². The van der Waals surface area contributed by atoms with Gasteiger partial charge in [0.1, 0.15) is 5.75 Å². The van der Waals surface area contributed by atoms with Gasteiger partial charge in [0.05, 0.1) is 6.61 Å². The van der Waals surface area contributed by atoms with E-state index in [0.29, 0.717) is 6.61 Å². The van der Waals surface area contributed by atoms with E-state index in [1.807, 2.05) is 20.8 Å². The lowest BCUT2D eigenvalue weighted by atomic mass is 9.90. The molecular formula is C13H21NO. The second-order valence-corrected chi connectivity index (χ2v) is 4.59. The first-order valence-electron chi connectivity index (χ1n) is 5.39. The predicted molar refractivity (Wildman–Crippen MR) is 64.3 cm³/mol. The zero-order chi connectivity index (χ0) is 11.6. The molecule has 2 nitrogen and oxygen atoms in total. The fraction of sp³-hybridized carbons (Fsp3) is 0.538. The summed E-state index contributed by atoms with van der Waals surface area (Å²) >= 11 is 0. The lowest BCUT2D eigenvalue weighted by molar-refractivity contribution is 0.337. The fourth-order valence-corrected chi connectivity index (χ4v) is 1.79. The Balaban J connectivity index is 3.20. The second kappa shape index (κ2) is 4.23. The Morgan fingerprint density at radius 1 is 1.20 bits per heavy atom. The van der Waals surface area contributed by atoms with E-state index in [9.17, 15) is 0 Å². The molecule has 0 unspecified atom stereocenters. The van der Waals surface area contributed by atoms with Gasteiger partial charge in [0.15, 0.2) is 0 Å². The average Bonchev–Trinajstić information content (AvgIpc) is 2.09. The van der Waals surface area contributed by atoms with Gasteiger partial charge in [-0.05, 0) is 57.4 Å². The maximum Gasteiger partial charge on any atom is 0.122 e. The zero-order valence-corrected chi connectivity index (χ0v) is 10.3. The van der Waals surface area contributed by atoms with Crippen molar-refractivity contribution < 1.29 is 4.74 Å². The molecule has 0 aliphatic carbocycles. The van der Waals surface area contributed by atoms with Crippen molar-refractivity contribution in [3.8, 4) is 5.75 Å². The van der Waals surface area contributed by atoms with Crippen molar-refractivity contribution in [2.75, 3.05) is 6.61 Å². The number of hydrogen-bond donors (Lipinski definition) is 1. The number of rotatable bonds is 3. The predicted octanol–water partition coefficient (Wildman–Crippen LogP) is 2.90. The first kappa shape index (κ1) is 12.1. The Morgan fingerprint density at radius 2 is 1.80 bits per heavy atom. The molecular weight excluding hydrogens is 186 g/mol. The van der Waals surface area contributed by atoms with Crippen LogP contribution in [0.4, 0.5) is 0 Å². The molecule has 0 aliphatic heterocycles.